The maximum atomic E-state index is 12.8. The third kappa shape index (κ3) is 2.80. The van der Waals surface area contributed by atoms with Crippen LogP contribution in [0.3, 0.4) is 0 Å². The van der Waals surface area contributed by atoms with Gasteiger partial charge in [-0.2, -0.15) is 0 Å². The third-order valence-corrected chi connectivity index (χ3v) is 3.64. The minimum Gasteiger partial charge on any atom is -0.396 e. The molecule has 5 nitrogen and oxygen atoms in total. The molecule has 0 spiro atoms. The monoisotopic (exact) mass is 280 g/mol. The molecule has 0 aliphatic carbocycles. The fourth-order valence-electron chi connectivity index (χ4n) is 2.48. The molecule has 0 unspecified atom stereocenters. The molecule has 2 amide bonds. The Labute approximate surface area is 116 Å². The van der Waals surface area contributed by atoms with E-state index in [9.17, 15) is 19.1 Å². The summed E-state index contributed by atoms with van der Waals surface area (Å²) in [6, 6.07) is 5.28. The SMILES string of the molecule is CNC(=O)[C@@H]1CN(C(=O)c2ccc(F)cc2)C[C@H]1CO. The summed E-state index contributed by atoms with van der Waals surface area (Å²) >= 11 is 0. The van der Waals surface area contributed by atoms with E-state index in [1.54, 1.807) is 0 Å². The Morgan fingerprint density at radius 3 is 2.55 bits per heavy atom. The van der Waals surface area contributed by atoms with Crippen LogP contribution in [0.25, 0.3) is 0 Å². The molecule has 1 aromatic carbocycles. The molecule has 0 aromatic heterocycles. The van der Waals surface area contributed by atoms with Gasteiger partial charge in [0.2, 0.25) is 5.91 Å². The summed E-state index contributed by atoms with van der Waals surface area (Å²) in [7, 11) is 1.53. The topological polar surface area (TPSA) is 69.6 Å². The number of likely N-dealkylation sites (tertiary alicyclic amines) is 1. The van der Waals surface area contributed by atoms with Crippen molar-refractivity contribution in [1.29, 1.82) is 0 Å². The van der Waals surface area contributed by atoms with Crippen molar-refractivity contribution in [3.05, 3.63) is 35.6 Å². The molecule has 0 bridgehead atoms. The molecular weight excluding hydrogens is 263 g/mol. The van der Waals surface area contributed by atoms with Gasteiger partial charge in [0, 0.05) is 38.2 Å². The second-order valence-corrected chi connectivity index (χ2v) is 4.88. The Balaban J connectivity index is 2.12. The van der Waals surface area contributed by atoms with Crippen molar-refractivity contribution in [2.24, 2.45) is 11.8 Å². The number of aliphatic hydroxyl groups is 1. The second kappa shape index (κ2) is 6.00. The lowest BCUT2D eigenvalue weighted by atomic mass is 9.96. The molecule has 2 rings (SSSR count). The smallest absolute Gasteiger partial charge is 0.253 e. The number of hydrogen-bond donors (Lipinski definition) is 2. The molecule has 0 radical (unpaired) electrons. The van der Waals surface area contributed by atoms with Crippen LogP contribution >= 0.6 is 0 Å². The van der Waals surface area contributed by atoms with Gasteiger partial charge in [-0.15, -0.1) is 0 Å². The number of halogens is 1. The molecule has 1 fully saturated rings. The predicted octanol–water partition coefficient (Wildman–Crippen LogP) is 0.252. The van der Waals surface area contributed by atoms with Crippen LogP contribution in [0, 0.1) is 17.7 Å². The summed E-state index contributed by atoms with van der Waals surface area (Å²) in [5, 5.41) is 11.9. The van der Waals surface area contributed by atoms with Crippen LogP contribution in [0.5, 0.6) is 0 Å². The first-order chi connectivity index (χ1) is 9.56. The minimum absolute atomic E-state index is 0.148. The van der Waals surface area contributed by atoms with Crippen LogP contribution in [-0.4, -0.2) is 48.6 Å². The Morgan fingerprint density at radius 1 is 1.35 bits per heavy atom. The number of aliphatic hydroxyl groups excluding tert-OH is 1. The molecule has 2 atom stereocenters. The Bertz CT molecular complexity index is 504. The highest BCUT2D eigenvalue weighted by Gasteiger charge is 2.38. The summed E-state index contributed by atoms with van der Waals surface area (Å²) in [4.78, 5) is 25.5. The van der Waals surface area contributed by atoms with E-state index in [4.69, 9.17) is 0 Å². The highest BCUT2D eigenvalue weighted by atomic mass is 19.1. The maximum Gasteiger partial charge on any atom is 0.253 e. The first-order valence-electron chi connectivity index (χ1n) is 6.44. The first-order valence-corrected chi connectivity index (χ1v) is 6.44. The number of carbonyl (C=O) groups is 2. The molecule has 1 saturated heterocycles. The minimum atomic E-state index is -0.408. The summed E-state index contributed by atoms with van der Waals surface area (Å²) in [5.74, 6) is -1.51. The predicted molar refractivity (Wildman–Crippen MR) is 70.4 cm³/mol. The van der Waals surface area contributed by atoms with Gasteiger partial charge in [-0.3, -0.25) is 9.59 Å². The fourth-order valence-corrected chi connectivity index (χ4v) is 2.48. The number of amides is 2. The van der Waals surface area contributed by atoms with Gasteiger partial charge in [-0.05, 0) is 24.3 Å². The number of nitrogens with one attached hydrogen (secondary N) is 1. The highest BCUT2D eigenvalue weighted by molar-refractivity contribution is 5.95. The molecule has 2 N–H and O–H groups in total. The van der Waals surface area contributed by atoms with Crippen LogP contribution < -0.4 is 5.32 Å². The largest absolute Gasteiger partial charge is 0.396 e. The molecule has 1 aromatic rings. The van der Waals surface area contributed by atoms with E-state index in [2.05, 4.69) is 5.32 Å². The van der Waals surface area contributed by atoms with E-state index in [1.165, 1.54) is 36.2 Å². The Kier molecular flexibility index (Phi) is 4.34. The molecule has 1 aliphatic rings. The highest BCUT2D eigenvalue weighted by Crippen LogP contribution is 2.24. The van der Waals surface area contributed by atoms with Crippen LogP contribution in [0.1, 0.15) is 10.4 Å². The van der Waals surface area contributed by atoms with Crippen molar-refractivity contribution in [1.82, 2.24) is 10.2 Å². The van der Waals surface area contributed by atoms with E-state index >= 15 is 0 Å². The molecule has 1 heterocycles. The summed E-state index contributed by atoms with van der Waals surface area (Å²) in [6.45, 7) is 0.442. The van der Waals surface area contributed by atoms with Gasteiger partial charge in [0.05, 0.1) is 5.92 Å². The van der Waals surface area contributed by atoms with Gasteiger partial charge >= 0.3 is 0 Å². The van der Waals surface area contributed by atoms with Gasteiger partial charge in [-0.1, -0.05) is 0 Å². The lowest BCUT2D eigenvalue weighted by molar-refractivity contribution is -0.125. The van der Waals surface area contributed by atoms with Crippen LogP contribution in [0.2, 0.25) is 0 Å². The number of hydrogen-bond acceptors (Lipinski definition) is 3. The Hall–Kier alpha value is -1.95. The fraction of sp³-hybridized carbons (Fsp3) is 0.429. The number of carbonyl (C=O) groups excluding carboxylic acids is 2. The molecule has 6 heteroatoms. The van der Waals surface area contributed by atoms with Crippen molar-refractivity contribution in [2.45, 2.75) is 0 Å². The third-order valence-electron chi connectivity index (χ3n) is 3.64. The zero-order valence-corrected chi connectivity index (χ0v) is 11.2. The van der Waals surface area contributed by atoms with Crippen molar-refractivity contribution in [3.8, 4) is 0 Å². The summed E-state index contributed by atoms with van der Waals surface area (Å²) in [6.07, 6.45) is 0. The number of benzene rings is 1. The van der Waals surface area contributed by atoms with Crippen LogP contribution in [0.15, 0.2) is 24.3 Å². The van der Waals surface area contributed by atoms with Gasteiger partial charge in [0.25, 0.3) is 5.91 Å². The lowest BCUT2D eigenvalue weighted by Gasteiger charge is -2.16. The van der Waals surface area contributed by atoms with E-state index in [1.807, 2.05) is 0 Å². The van der Waals surface area contributed by atoms with Crippen molar-refractivity contribution in [3.63, 3.8) is 0 Å². The average molecular weight is 280 g/mol. The molecule has 1 aliphatic heterocycles. The molecular formula is C14H17FN2O3. The first kappa shape index (κ1) is 14.5. The van der Waals surface area contributed by atoms with E-state index in [0.29, 0.717) is 12.1 Å². The number of rotatable bonds is 3. The normalized spacial score (nSPS) is 21.9. The quantitative estimate of drug-likeness (QED) is 0.834. The van der Waals surface area contributed by atoms with Crippen molar-refractivity contribution < 1.29 is 19.1 Å². The maximum absolute atomic E-state index is 12.8. The zero-order valence-electron chi connectivity index (χ0n) is 11.2. The van der Waals surface area contributed by atoms with Crippen LogP contribution in [-0.2, 0) is 4.79 Å². The Morgan fingerprint density at radius 2 is 2.00 bits per heavy atom. The van der Waals surface area contributed by atoms with Gasteiger partial charge in [0.1, 0.15) is 5.82 Å². The standard InChI is InChI=1S/C14H17FN2O3/c1-16-13(19)12-7-17(6-10(12)8-18)14(20)9-2-4-11(15)5-3-9/h2-5,10,12,18H,6-8H2,1H3,(H,16,19)/t10-,12+/m0/s1. The molecule has 0 saturated carbocycles. The number of nitrogens with zero attached hydrogens (tertiary/aromatic N) is 1. The second-order valence-electron chi connectivity index (χ2n) is 4.88. The molecule has 20 heavy (non-hydrogen) atoms. The van der Waals surface area contributed by atoms with E-state index in [-0.39, 0.29) is 30.9 Å². The van der Waals surface area contributed by atoms with Gasteiger partial charge in [0.15, 0.2) is 0 Å². The van der Waals surface area contributed by atoms with E-state index in [0.717, 1.165) is 0 Å². The van der Waals surface area contributed by atoms with Gasteiger partial charge in [-0.25, -0.2) is 4.39 Å². The summed E-state index contributed by atoms with van der Waals surface area (Å²) in [5.41, 5.74) is 0.376. The van der Waals surface area contributed by atoms with Gasteiger partial charge < -0.3 is 15.3 Å². The van der Waals surface area contributed by atoms with Crippen molar-refractivity contribution in [2.75, 3.05) is 26.7 Å². The summed E-state index contributed by atoms with van der Waals surface area (Å²) < 4.78 is 12.8. The molecule has 108 valence electrons. The van der Waals surface area contributed by atoms with E-state index < -0.39 is 11.7 Å². The zero-order chi connectivity index (χ0) is 14.7. The van der Waals surface area contributed by atoms with Crippen LogP contribution in [0.4, 0.5) is 4.39 Å². The average Bonchev–Trinajstić information content (AvgIpc) is 2.90. The van der Waals surface area contributed by atoms with Crippen molar-refractivity contribution >= 4 is 11.8 Å². The lowest BCUT2D eigenvalue weighted by Crippen LogP contribution is -2.34.